The number of carbonyl (C=O) groups is 1. The lowest BCUT2D eigenvalue weighted by atomic mass is 10.2. The van der Waals surface area contributed by atoms with E-state index < -0.39 is 0 Å². The zero-order valence-electron chi connectivity index (χ0n) is 7.71. The van der Waals surface area contributed by atoms with Crippen LogP contribution in [0.25, 0.3) is 5.69 Å². The summed E-state index contributed by atoms with van der Waals surface area (Å²) in [6.45, 7) is 2.00. The van der Waals surface area contributed by atoms with E-state index in [1.54, 1.807) is 4.68 Å². The third-order valence-electron chi connectivity index (χ3n) is 1.88. The Hall–Kier alpha value is -1.97. The Morgan fingerprint density at radius 2 is 2.29 bits per heavy atom. The lowest BCUT2D eigenvalue weighted by Gasteiger charge is -2.00. The van der Waals surface area contributed by atoms with Crippen LogP contribution in [0.3, 0.4) is 0 Å². The standard InChI is InChI=1S/C10H9N3O/c1-8-3-2-4-9(5-8)13-7-11-10(6-14)12-13/h2-7H,1H3. The Labute approximate surface area is 81.2 Å². The first-order chi connectivity index (χ1) is 6.79. The van der Waals surface area contributed by atoms with Crippen LogP contribution >= 0.6 is 0 Å². The zero-order valence-corrected chi connectivity index (χ0v) is 7.71. The van der Waals surface area contributed by atoms with E-state index in [0.717, 1.165) is 11.3 Å². The average Bonchev–Trinajstić information content (AvgIpc) is 2.66. The summed E-state index contributed by atoms with van der Waals surface area (Å²) >= 11 is 0. The molecule has 14 heavy (non-hydrogen) atoms. The molecular formula is C10H9N3O. The van der Waals surface area contributed by atoms with Gasteiger partial charge in [0.15, 0.2) is 6.29 Å². The van der Waals surface area contributed by atoms with Gasteiger partial charge in [-0.1, -0.05) is 12.1 Å². The number of nitrogens with zero attached hydrogens (tertiary/aromatic N) is 3. The monoisotopic (exact) mass is 187 g/mol. The fraction of sp³-hybridized carbons (Fsp3) is 0.100. The second kappa shape index (κ2) is 3.41. The summed E-state index contributed by atoms with van der Waals surface area (Å²) in [5.74, 6) is 0.200. The minimum Gasteiger partial charge on any atom is -0.294 e. The molecule has 0 bridgehead atoms. The van der Waals surface area contributed by atoms with Gasteiger partial charge >= 0.3 is 0 Å². The molecule has 0 aliphatic carbocycles. The molecule has 1 heterocycles. The lowest BCUT2D eigenvalue weighted by molar-refractivity contribution is 0.111. The van der Waals surface area contributed by atoms with Crippen molar-refractivity contribution in [2.75, 3.05) is 0 Å². The highest BCUT2D eigenvalue weighted by atomic mass is 16.1. The molecule has 2 rings (SSSR count). The fourth-order valence-electron chi connectivity index (χ4n) is 1.22. The predicted molar refractivity (Wildman–Crippen MR) is 51.5 cm³/mol. The van der Waals surface area contributed by atoms with Crippen molar-refractivity contribution in [3.63, 3.8) is 0 Å². The number of aldehydes is 1. The molecule has 2 aromatic rings. The molecule has 0 N–H and O–H groups in total. The first-order valence-corrected chi connectivity index (χ1v) is 4.23. The highest BCUT2D eigenvalue weighted by Gasteiger charge is 2.00. The first-order valence-electron chi connectivity index (χ1n) is 4.23. The van der Waals surface area contributed by atoms with Gasteiger partial charge in [-0.3, -0.25) is 4.79 Å². The van der Waals surface area contributed by atoms with Gasteiger partial charge in [-0.2, -0.15) is 0 Å². The molecule has 70 valence electrons. The molecule has 0 aliphatic heterocycles. The third kappa shape index (κ3) is 1.54. The van der Waals surface area contributed by atoms with Gasteiger partial charge in [0.2, 0.25) is 5.82 Å². The number of aromatic nitrogens is 3. The Kier molecular flexibility index (Phi) is 2.10. The number of benzene rings is 1. The summed E-state index contributed by atoms with van der Waals surface area (Å²) in [5, 5.41) is 3.98. The summed E-state index contributed by atoms with van der Waals surface area (Å²) in [7, 11) is 0. The van der Waals surface area contributed by atoms with E-state index in [1.165, 1.54) is 6.33 Å². The van der Waals surface area contributed by atoms with E-state index in [9.17, 15) is 4.79 Å². The summed E-state index contributed by atoms with van der Waals surface area (Å²) in [6, 6.07) is 7.83. The molecule has 0 amide bonds. The number of hydrogen-bond donors (Lipinski definition) is 0. The largest absolute Gasteiger partial charge is 0.294 e. The van der Waals surface area contributed by atoms with Crippen LogP contribution in [-0.2, 0) is 0 Å². The van der Waals surface area contributed by atoms with E-state index in [2.05, 4.69) is 10.1 Å². The van der Waals surface area contributed by atoms with Crippen molar-refractivity contribution >= 4 is 6.29 Å². The van der Waals surface area contributed by atoms with E-state index >= 15 is 0 Å². The molecule has 0 aliphatic rings. The molecule has 0 atom stereocenters. The second-order valence-electron chi connectivity index (χ2n) is 3.00. The van der Waals surface area contributed by atoms with Crippen LogP contribution in [0.2, 0.25) is 0 Å². The molecule has 0 unspecified atom stereocenters. The van der Waals surface area contributed by atoms with Gasteiger partial charge in [0, 0.05) is 0 Å². The number of rotatable bonds is 2. The van der Waals surface area contributed by atoms with Gasteiger partial charge in [0.25, 0.3) is 0 Å². The van der Waals surface area contributed by atoms with Gasteiger partial charge in [-0.05, 0) is 24.6 Å². The molecular weight excluding hydrogens is 178 g/mol. The SMILES string of the molecule is Cc1cccc(-n2cnc(C=O)n2)c1. The summed E-state index contributed by atoms with van der Waals surface area (Å²) in [4.78, 5) is 14.2. The van der Waals surface area contributed by atoms with Gasteiger partial charge in [-0.15, -0.1) is 5.10 Å². The predicted octanol–water partition coefficient (Wildman–Crippen LogP) is 1.39. The maximum atomic E-state index is 10.4. The quantitative estimate of drug-likeness (QED) is 0.667. The van der Waals surface area contributed by atoms with Gasteiger partial charge in [-0.25, -0.2) is 9.67 Å². The lowest BCUT2D eigenvalue weighted by Crippen LogP contribution is -1.95. The fourth-order valence-corrected chi connectivity index (χ4v) is 1.22. The minimum atomic E-state index is 0.200. The van der Waals surface area contributed by atoms with Gasteiger partial charge in [0.05, 0.1) is 5.69 Å². The van der Waals surface area contributed by atoms with Crippen molar-refractivity contribution in [3.8, 4) is 5.69 Å². The molecule has 1 aromatic carbocycles. The zero-order chi connectivity index (χ0) is 9.97. The number of hydrogen-bond acceptors (Lipinski definition) is 3. The summed E-state index contributed by atoms with van der Waals surface area (Å²) in [5.41, 5.74) is 2.05. The van der Waals surface area contributed by atoms with Crippen molar-refractivity contribution < 1.29 is 4.79 Å². The molecule has 1 aromatic heterocycles. The van der Waals surface area contributed by atoms with E-state index in [-0.39, 0.29) is 5.82 Å². The Bertz CT molecular complexity index is 462. The van der Waals surface area contributed by atoms with E-state index in [1.807, 2.05) is 31.2 Å². The van der Waals surface area contributed by atoms with Crippen LogP contribution in [0.15, 0.2) is 30.6 Å². The van der Waals surface area contributed by atoms with Crippen LogP contribution in [-0.4, -0.2) is 21.1 Å². The Balaban J connectivity index is 2.43. The third-order valence-corrected chi connectivity index (χ3v) is 1.88. The normalized spacial score (nSPS) is 10.1. The Morgan fingerprint density at radius 1 is 1.43 bits per heavy atom. The van der Waals surface area contributed by atoms with Crippen molar-refractivity contribution in [1.29, 1.82) is 0 Å². The highest BCUT2D eigenvalue weighted by Crippen LogP contribution is 2.07. The molecule has 0 fully saturated rings. The van der Waals surface area contributed by atoms with Gasteiger partial charge in [0.1, 0.15) is 6.33 Å². The topological polar surface area (TPSA) is 47.8 Å². The Morgan fingerprint density at radius 3 is 2.93 bits per heavy atom. The van der Waals surface area contributed by atoms with Crippen molar-refractivity contribution in [3.05, 3.63) is 42.0 Å². The van der Waals surface area contributed by atoms with Crippen LogP contribution in [0.1, 0.15) is 16.2 Å². The molecule has 0 spiro atoms. The average molecular weight is 187 g/mol. The second-order valence-corrected chi connectivity index (χ2v) is 3.00. The van der Waals surface area contributed by atoms with Crippen molar-refractivity contribution in [1.82, 2.24) is 14.8 Å². The summed E-state index contributed by atoms with van der Waals surface area (Å²) < 4.78 is 1.58. The van der Waals surface area contributed by atoms with E-state index in [4.69, 9.17) is 0 Å². The molecule has 0 saturated carbocycles. The maximum Gasteiger partial charge on any atom is 0.214 e. The molecule has 4 heteroatoms. The minimum absolute atomic E-state index is 0.200. The van der Waals surface area contributed by atoms with Crippen LogP contribution in [0.4, 0.5) is 0 Å². The van der Waals surface area contributed by atoms with Crippen molar-refractivity contribution in [2.24, 2.45) is 0 Å². The molecule has 4 nitrogen and oxygen atoms in total. The first kappa shape index (κ1) is 8.62. The van der Waals surface area contributed by atoms with Crippen LogP contribution in [0, 0.1) is 6.92 Å². The number of carbonyl (C=O) groups excluding carboxylic acids is 1. The van der Waals surface area contributed by atoms with Crippen LogP contribution in [0.5, 0.6) is 0 Å². The molecule has 0 radical (unpaired) electrons. The van der Waals surface area contributed by atoms with E-state index in [0.29, 0.717) is 6.29 Å². The van der Waals surface area contributed by atoms with Crippen LogP contribution < -0.4 is 0 Å². The summed E-state index contributed by atoms with van der Waals surface area (Å²) in [6.07, 6.45) is 2.16. The maximum absolute atomic E-state index is 10.4. The smallest absolute Gasteiger partial charge is 0.214 e. The van der Waals surface area contributed by atoms with Gasteiger partial charge < -0.3 is 0 Å². The highest BCUT2D eigenvalue weighted by molar-refractivity contribution is 5.68. The number of aryl methyl sites for hydroxylation is 1. The molecule has 0 saturated heterocycles. The van der Waals surface area contributed by atoms with Crippen molar-refractivity contribution in [2.45, 2.75) is 6.92 Å².